The molecule has 0 saturated carbocycles. The second-order valence-electron chi connectivity index (χ2n) is 10.2. The van der Waals surface area contributed by atoms with Crippen LogP contribution in [0.4, 0.5) is 9.59 Å². The number of likely N-dealkylation sites (tertiary alicyclic amines) is 1. The lowest BCUT2D eigenvalue weighted by Gasteiger charge is -2.19. The molecule has 0 spiro atoms. The number of carboxylic acids is 1. The van der Waals surface area contributed by atoms with Gasteiger partial charge < -0.3 is 29.6 Å². The molecule has 2 aromatic carbocycles. The minimum absolute atomic E-state index is 0.0176. The monoisotopic (exact) mass is 524 g/mol. The number of carboxylic acid groups (broad SMARTS) is 2. The molecule has 1 aliphatic heterocycles. The number of carbonyl (C=O) groups is 3. The number of aryl methyl sites for hydroxylation is 1. The predicted molar refractivity (Wildman–Crippen MR) is 139 cm³/mol. The van der Waals surface area contributed by atoms with Crippen LogP contribution in [-0.4, -0.2) is 73.7 Å². The number of carbonyl (C=O) groups excluding carboxylic acids is 1. The van der Waals surface area contributed by atoms with Gasteiger partial charge in [-0.25, -0.2) is 19.4 Å². The van der Waals surface area contributed by atoms with E-state index in [0.29, 0.717) is 25.3 Å². The van der Waals surface area contributed by atoms with Crippen molar-refractivity contribution in [1.29, 1.82) is 0 Å². The number of para-hydroxylation sites is 1. The van der Waals surface area contributed by atoms with E-state index >= 15 is 0 Å². The molecular formula is C27H32N4O7. The van der Waals surface area contributed by atoms with Crippen LogP contribution in [0.2, 0.25) is 0 Å². The van der Waals surface area contributed by atoms with E-state index in [4.69, 9.17) is 9.47 Å². The normalized spacial score (nSPS) is 17.4. The topological polar surface area (TPSA) is 143 Å². The molecule has 1 aromatic heterocycles. The van der Waals surface area contributed by atoms with E-state index in [0.717, 1.165) is 27.1 Å². The summed E-state index contributed by atoms with van der Waals surface area (Å²) in [6, 6.07) is 12.1. The average Bonchev–Trinajstić information content (AvgIpc) is 3.45. The number of imidazole rings is 1. The van der Waals surface area contributed by atoms with Crippen LogP contribution in [-0.2, 0) is 16.1 Å². The van der Waals surface area contributed by atoms with Gasteiger partial charge in [0.2, 0.25) is 0 Å². The Kier molecular flexibility index (Phi) is 7.75. The van der Waals surface area contributed by atoms with Gasteiger partial charge in [-0.3, -0.25) is 4.90 Å². The fraction of sp³-hybridized carbons (Fsp3) is 0.407. The summed E-state index contributed by atoms with van der Waals surface area (Å²) in [6.07, 6.45) is 0.224. The van der Waals surface area contributed by atoms with Gasteiger partial charge in [0.15, 0.2) is 0 Å². The van der Waals surface area contributed by atoms with E-state index in [-0.39, 0.29) is 13.0 Å². The molecule has 1 fully saturated rings. The van der Waals surface area contributed by atoms with Crippen molar-refractivity contribution in [2.24, 2.45) is 0 Å². The number of aromatic nitrogens is 2. The maximum atomic E-state index is 11.9. The van der Waals surface area contributed by atoms with E-state index in [1.54, 1.807) is 12.4 Å². The van der Waals surface area contributed by atoms with Crippen molar-refractivity contribution < 1.29 is 34.1 Å². The van der Waals surface area contributed by atoms with E-state index < -0.39 is 35.9 Å². The van der Waals surface area contributed by atoms with Gasteiger partial charge in [-0.15, -0.1) is 0 Å². The predicted octanol–water partition coefficient (Wildman–Crippen LogP) is 4.20. The van der Waals surface area contributed by atoms with Crippen molar-refractivity contribution in [2.75, 3.05) is 13.1 Å². The fourth-order valence-corrected chi connectivity index (χ4v) is 4.54. The van der Waals surface area contributed by atoms with Gasteiger partial charge in [0.25, 0.3) is 0 Å². The summed E-state index contributed by atoms with van der Waals surface area (Å²) >= 11 is 0. The fourth-order valence-electron chi connectivity index (χ4n) is 4.54. The smallest absolute Gasteiger partial charge is 0.408 e. The third kappa shape index (κ3) is 6.34. The molecule has 0 unspecified atom stereocenters. The van der Waals surface area contributed by atoms with Gasteiger partial charge in [-0.1, -0.05) is 24.3 Å². The third-order valence-corrected chi connectivity index (χ3v) is 6.12. The summed E-state index contributed by atoms with van der Waals surface area (Å²) in [6.45, 7) is 6.51. The molecule has 1 saturated heterocycles. The van der Waals surface area contributed by atoms with E-state index in [1.807, 2.05) is 61.7 Å². The van der Waals surface area contributed by atoms with Crippen LogP contribution < -0.4 is 10.1 Å². The Balaban J connectivity index is 1.47. The number of nitrogens with zero attached hydrogens (tertiary/aromatic N) is 3. The molecule has 3 N–H and O–H groups in total. The van der Waals surface area contributed by atoms with Crippen molar-refractivity contribution in [3.63, 3.8) is 0 Å². The van der Waals surface area contributed by atoms with Crippen molar-refractivity contribution in [1.82, 2.24) is 19.8 Å². The molecule has 1 aliphatic rings. The van der Waals surface area contributed by atoms with Crippen LogP contribution in [0.5, 0.6) is 5.75 Å². The molecular weight excluding hydrogens is 492 g/mol. The van der Waals surface area contributed by atoms with Crippen LogP contribution in [0.3, 0.4) is 0 Å². The Morgan fingerprint density at radius 1 is 1.13 bits per heavy atom. The zero-order chi connectivity index (χ0) is 27.4. The highest BCUT2D eigenvalue weighted by atomic mass is 16.6. The SMILES string of the molecule is CC(C)(C)OC(=O)NCCCn1cnc2cccc(-c3cccc(O[C@H]4C[C@@H](C(=O)O)N(C(=O)O)C4)c3)c21. The molecule has 38 heavy (non-hydrogen) atoms. The first-order valence-electron chi connectivity index (χ1n) is 12.4. The number of hydrogen-bond donors (Lipinski definition) is 3. The van der Waals surface area contributed by atoms with Gasteiger partial charge in [0.1, 0.15) is 23.5 Å². The number of alkyl carbamates (subject to hydrolysis) is 1. The molecule has 4 rings (SSSR count). The largest absolute Gasteiger partial charge is 0.488 e. The summed E-state index contributed by atoms with van der Waals surface area (Å²) in [5.41, 5.74) is 3.03. The molecule has 0 radical (unpaired) electrons. The first-order valence-corrected chi connectivity index (χ1v) is 12.4. The number of hydrogen-bond acceptors (Lipinski definition) is 6. The number of amides is 2. The van der Waals surface area contributed by atoms with Crippen molar-refractivity contribution in [3.8, 4) is 16.9 Å². The minimum Gasteiger partial charge on any atom is -0.488 e. The molecule has 202 valence electrons. The highest BCUT2D eigenvalue weighted by Gasteiger charge is 2.41. The van der Waals surface area contributed by atoms with Crippen LogP contribution in [0.25, 0.3) is 22.2 Å². The van der Waals surface area contributed by atoms with Crippen LogP contribution >= 0.6 is 0 Å². The number of ether oxygens (including phenoxy) is 2. The molecule has 11 heteroatoms. The van der Waals surface area contributed by atoms with Gasteiger partial charge in [0, 0.05) is 25.1 Å². The Labute approximate surface area is 220 Å². The Morgan fingerprint density at radius 3 is 2.58 bits per heavy atom. The second-order valence-corrected chi connectivity index (χ2v) is 10.2. The van der Waals surface area contributed by atoms with Crippen molar-refractivity contribution in [3.05, 3.63) is 48.8 Å². The van der Waals surface area contributed by atoms with Crippen LogP contribution in [0.15, 0.2) is 48.8 Å². The molecule has 11 nitrogen and oxygen atoms in total. The highest BCUT2D eigenvalue weighted by molar-refractivity contribution is 5.92. The number of fused-ring (bicyclic) bond motifs is 1. The molecule has 2 heterocycles. The Bertz CT molecular complexity index is 1310. The summed E-state index contributed by atoms with van der Waals surface area (Å²) in [5.74, 6) is -0.665. The number of nitrogens with one attached hydrogen (secondary N) is 1. The Hall–Kier alpha value is -4.28. The Morgan fingerprint density at radius 2 is 1.89 bits per heavy atom. The number of aliphatic carboxylic acids is 1. The van der Waals surface area contributed by atoms with Gasteiger partial charge in [-0.05, 0) is 51.0 Å². The molecule has 2 atom stereocenters. The van der Waals surface area contributed by atoms with Crippen LogP contribution in [0.1, 0.15) is 33.6 Å². The molecule has 0 aliphatic carbocycles. The first-order chi connectivity index (χ1) is 18.0. The van der Waals surface area contributed by atoms with Gasteiger partial charge in [-0.2, -0.15) is 0 Å². The maximum Gasteiger partial charge on any atom is 0.408 e. The summed E-state index contributed by atoms with van der Waals surface area (Å²) in [5, 5.41) is 21.5. The number of benzene rings is 2. The lowest BCUT2D eigenvalue weighted by molar-refractivity contribution is -0.141. The van der Waals surface area contributed by atoms with E-state index in [2.05, 4.69) is 10.3 Å². The molecule has 2 amide bonds. The van der Waals surface area contributed by atoms with E-state index in [9.17, 15) is 24.6 Å². The summed E-state index contributed by atoms with van der Waals surface area (Å²) < 4.78 is 13.3. The summed E-state index contributed by atoms with van der Waals surface area (Å²) in [7, 11) is 0. The first kappa shape index (κ1) is 26.8. The lowest BCUT2D eigenvalue weighted by atomic mass is 10.0. The molecule has 3 aromatic rings. The standard InChI is InChI=1S/C27H32N4O7/c1-27(2,3)38-25(34)28-11-6-12-30-16-29-21-10-5-9-20(23(21)30)17-7-4-8-18(13-17)37-19-14-22(24(32)33)31(15-19)26(35)36/h4-5,7-10,13,16,19,22H,6,11-12,14-15H2,1-3H3,(H,28,34)(H,32,33)(H,35,36)/t19-,22-/m0/s1. The second kappa shape index (κ2) is 11.0. The zero-order valence-electron chi connectivity index (χ0n) is 21.6. The lowest BCUT2D eigenvalue weighted by Crippen LogP contribution is -2.39. The zero-order valence-corrected chi connectivity index (χ0v) is 21.6. The van der Waals surface area contributed by atoms with Crippen molar-refractivity contribution >= 4 is 29.2 Å². The maximum absolute atomic E-state index is 11.9. The minimum atomic E-state index is -1.28. The van der Waals surface area contributed by atoms with Gasteiger partial charge in [0.05, 0.1) is 23.9 Å². The van der Waals surface area contributed by atoms with Crippen molar-refractivity contribution in [2.45, 2.75) is 57.9 Å². The average molecular weight is 525 g/mol. The third-order valence-electron chi connectivity index (χ3n) is 6.12. The molecule has 0 bridgehead atoms. The van der Waals surface area contributed by atoms with Gasteiger partial charge >= 0.3 is 18.2 Å². The summed E-state index contributed by atoms with van der Waals surface area (Å²) in [4.78, 5) is 40.2. The quantitative estimate of drug-likeness (QED) is 0.372. The highest BCUT2D eigenvalue weighted by Crippen LogP contribution is 2.32. The van der Waals surface area contributed by atoms with E-state index in [1.165, 1.54) is 0 Å². The number of rotatable bonds is 8. The van der Waals surface area contributed by atoms with Crippen LogP contribution in [0, 0.1) is 0 Å².